The van der Waals surface area contributed by atoms with Gasteiger partial charge in [-0.25, -0.2) is 9.97 Å². The smallest absolute Gasteiger partial charge is 0.265 e. The van der Waals surface area contributed by atoms with Gasteiger partial charge in [-0.3, -0.25) is 4.79 Å². The molecule has 0 aliphatic carbocycles. The molecule has 7 heteroatoms. The van der Waals surface area contributed by atoms with Gasteiger partial charge in [0, 0.05) is 17.5 Å². The summed E-state index contributed by atoms with van der Waals surface area (Å²) in [7, 11) is 0. The number of primary amides is 1. The third-order valence-corrected chi connectivity index (χ3v) is 4.21. The highest BCUT2D eigenvalue weighted by atomic mass is 32.2. The fourth-order valence-corrected chi connectivity index (χ4v) is 2.93. The topological polar surface area (TPSA) is 83.0 Å². The number of hydrogen-bond acceptors (Lipinski definition) is 5. The zero-order chi connectivity index (χ0) is 14.3. The Hall–Kier alpha value is -1.60. The molecule has 106 valence electrons. The molecule has 0 saturated carbocycles. The largest absolute Gasteiger partial charge is 0.379 e. The molecule has 1 aliphatic rings. The van der Waals surface area contributed by atoms with Gasteiger partial charge in [-0.05, 0) is 12.3 Å². The van der Waals surface area contributed by atoms with Gasteiger partial charge in [0.15, 0.2) is 5.16 Å². The van der Waals surface area contributed by atoms with Crippen LogP contribution < -0.4 is 5.73 Å². The Kier molecular flexibility index (Phi) is 3.39. The number of carbonyl (C=O) groups excluding carboxylic acids is 1. The van der Waals surface area contributed by atoms with Crippen LogP contribution in [0, 0.1) is 5.92 Å². The summed E-state index contributed by atoms with van der Waals surface area (Å²) in [6.07, 6.45) is 3.66. The van der Waals surface area contributed by atoms with Crippen molar-refractivity contribution in [1.82, 2.24) is 14.5 Å². The van der Waals surface area contributed by atoms with Crippen LogP contribution in [0.5, 0.6) is 0 Å². The van der Waals surface area contributed by atoms with Crippen molar-refractivity contribution < 1.29 is 9.53 Å². The van der Waals surface area contributed by atoms with Crippen LogP contribution in [0.4, 0.5) is 0 Å². The Morgan fingerprint density at radius 3 is 2.95 bits per heavy atom. The zero-order valence-electron chi connectivity index (χ0n) is 11.4. The quantitative estimate of drug-likeness (QED) is 0.684. The van der Waals surface area contributed by atoms with Gasteiger partial charge in [0.2, 0.25) is 0 Å². The summed E-state index contributed by atoms with van der Waals surface area (Å²) in [6.45, 7) is 3.36. The van der Waals surface area contributed by atoms with Gasteiger partial charge in [0.1, 0.15) is 11.3 Å². The van der Waals surface area contributed by atoms with E-state index in [-0.39, 0.29) is 6.04 Å². The van der Waals surface area contributed by atoms with E-state index < -0.39 is 5.91 Å². The Morgan fingerprint density at radius 2 is 2.35 bits per heavy atom. The molecule has 3 rings (SSSR count). The molecule has 2 N–H and O–H groups in total. The molecule has 1 fully saturated rings. The summed E-state index contributed by atoms with van der Waals surface area (Å²) >= 11 is 1.47. The number of carbonyl (C=O) groups is 1. The van der Waals surface area contributed by atoms with Gasteiger partial charge < -0.3 is 15.0 Å². The predicted octanol–water partition coefficient (Wildman–Crippen LogP) is 1.46. The average molecular weight is 292 g/mol. The summed E-state index contributed by atoms with van der Waals surface area (Å²) < 4.78 is 7.43. The monoisotopic (exact) mass is 292 g/mol. The Labute approximate surface area is 120 Å². The Bertz CT molecular complexity index is 670. The van der Waals surface area contributed by atoms with E-state index in [1.807, 2.05) is 10.8 Å². The van der Waals surface area contributed by atoms with E-state index in [0.29, 0.717) is 30.0 Å². The van der Waals surface area contributed by atoms with Crippen LogP contribution in [-0.4, -0.2) is 39.9 Å². The lowest BCUT2D eigenvalue weighted by Crippen LogP contribution is -2.23. The van der Waals surface area contributed by atoms with E-state index in [4.69, 9.17) is 10.5 Å². The zero-order valence-corrected chi connectivity index (χ0v) is 12.2. The molecular weight excluding hydrogens is 276 g/mol. The van der Waals surface area contributed by atoms with Gasteiger partial charge >= 0.3 is 0 Å². The normalized spacial score (nSPS) is 22.5. The molecule has 0 bridgehead atoms. The van der Waals surface area contributed by atoms with Crippen molar-refractivity contribution in [2.75, 3.05) is 19.5 Å². The number of ether oxygens (including phenoxy) is 1. The average Bonchev–Trinajstić information content (AvgIpc) is 3.00. The highest BCUT2D eigenvalue weighted by Gasteiger charge is 2.30. The lowest BCUT2D eigenvalue weighted by Gasteiger charge is -2.18. The second-order valence-corrected chi connectivity index (χ2v) is 5.75. The van der Waals surface area contributed by atoms with Gasteiger partial charge in [0.25, 0.3) is 5.91 Å². The molecule has 1 saturated heterocycles. The van der Waals surface area contributed by atoms with E-state index in [9.17, 15) is 4.79 Å². The predicted molar refractivity (Wildman–Crippen MR) is 76.8 cm³/mol. The number of aromatic nitrogens is 3. The van der Waals surface area contributed by atoms with E-state index in [1.54, 1.807) is 12.3 Å². The van der Waals surface area contributed by atoms with Gasteiger partial charge in [-0.1, -0.05) is 18.7 Å². The molecular formula is C13H16N4O2S. The second-order valence-electron chi connectivity index (χ2n) is 4.98. The molecule has 0 spiro atoms. The van der Waals surface area contributed by atoms with Crippen molar-refractivity contribution in [2.24, 2.45) is 11.7 Å². The molecule has 0 unspecified atom stereocenters. The lowest BCUT2D eigenvalue weighted by atomic mass is 10.1. The number of rotatable bonds is 3. The molecule has 1 amide bonds. The van der Waals surface area contributed by atoms with Crippen molar-refractivity contribution in [2.45, 2.75) is 18.1 Å². The molecule has 3 heterocycles. The standard InChI is InChI=1S/C13H16N4O2S/c1-7-5-19-6-10(7)17-9(11(14)18)3-8-4-15-13(20-2)16-12(8)17/h3-4,7,10H,5-6H2,1-2H3,(H2,14,18)/t7-,10+/m0/s1. The van der Waals surface area contributed by atoms with Crippen LogP contribution in [0.2, 0.25) is 0 Å². The number of thioether (sulfide) groups is 1. The number of fused-ring (bicyclic) bond motifs is 1. The fourth-order valence-electron chi connectivity index (χ4n) is 2.60. The van der Waals surface area contributed by atoms with Crippen LogP contribution in [0.3, 0.4) is 0 Å². The molecule has 2 aromatic heterocycles. The van der Waals surface area contributed by atoms with Gasteiger partial charge in [-0.15, -0.1) is 0 Å². The SMILES string of the molecule is CSc1ncc2cc(C(N)=O)n([C@@H]3COC[C@@H]3C)c2n1. The van der Waals surface area contributed by atoms with E-state index in [2.05, 4.69) is 16.9 Å². The maximum Gasteiger partial charge on any atom is 0.265 e. The summed E-state index contributed by atoms with van der Waals surface area (Å²) in [6, 6.07) is 1.84. The van der Waals surface area contributed by atoms with Gasteiger partial charge in [0.05, 0.1) is 19.3 Å². The first-order valence-corrected chi connectivity index (χ1v) is 7.63. The second kappa shape index (κ2) is 5.06. The maximum atomic E-state index is 11.7. The van der Waals surface area contributed by atoms with Crippen LogP contribution in [-0.2, 0) is 4.74 Å². The number of nitrogens with zero attached hydrogens (tertiary/aromatic N) is 3. The molecule has 2 atom stereocenters. The summed E-state index contributed by atoms with van der Waals surface area (Å²) in [5.41, 5.74) is 6.73. The minimum Gasteiger partial charge on any atom is -0.379 e. The first-order valence-electron chi connectivity index (χ1n) is 6.41. The number of hydrogen-bond donors (Lipinski definition) is 1. The first-order chi connectivity index (χ1) is 9.61. The van der Waals surface area contributed by atoms with Crippen molar-refractivity contribution in [3.05, 3.63) is 18.0 Å². The molecule has 2 aromatic rings. The molecule has 0 aromatic carbocycles. The number of nitrogens with two attached hydrogens (primary N) is 1. The molecule has 20 heavy (non-hydrogen) atoms. The van der Waals surface area contributed by atoms with E-state index >= 15 is 0 Å². The van der Waals surface area contributed by atoms with Gasteiger partial charge in [-0.2, -0.15) is 0 Å². The first kappa shape index (κ1) is 13.4. The molecule has 1 aliphatic heterocycles. The van der Waals surface area contributed by atoms with Crippen molar-refractivity contribution in [3.8, 4) is 0 Å². The Morgan fingerprint density at radius 1 is 1.55 bits per heavy atom. The van der Waals surface area contributed by atoms with Crippen molar-refractivity contribution >= 4 is 28.7 Å². The Balaban J connectivity index is 2.24. The van der Waals surface area contributed by atoms with E-state index in [1.165, 1.54) is 11.8 Å². The summed E-state index contributed by atoms with van der Waals surface area (Å²) in [5, 5.41) is 1.51. The van der Waals surface area contributed by atoms with Crippen LogP contribution in [0.25, 0.3) is 11.0 Å². The van der Waals surface area contributed by atoms with Crippen molar-refractivity contribution in [1.29, 1.82) is 0 Å². The lowest BCUT2D eigenvalue weighted by molar-refractivity contribution is 0.0988. The van der Waals surface area contributed by atoms with Crippen LogP contribution in [0.15, 0.2) is 17.4 Å². The van der Waals surface area contributed by atoms with Crippen molar-refractivity contribution in [3.63, 3.8) is 0 Å². The third-order valence-electron chi connectivity index (χ3n) is 3.65. The minimum atomic E-state index is -0.451. The molecule has 6 nitrogen and oxygen atoms in total. The number of amides is 1. The van der Waals surface area contributed by atoms with E-state index in [0.717, 1.165) is 11.0 Å². The van der Waals surface area contributed by atoms with Crippen LogP contribution in [0.1, 0.15) is 23.5 Å². The summed E-state index contributed by atoms with van der Waals surface area (Å²) in [4.78, 5) is 20.5. The minimum absolute atomic E-state index is 0.0830. The highest BCUT2D eigenvalue weighted by molar-refractivity contribution is 7.98. The maximum absolute atomic E-state index is 11.7. The van der Waals surface area contributed by atoms with Crippen LogP contribution >= 0.6 is 11.8 Å². The summed E-state index contributed by atoms with van der Waals surface area (Å²) in [5.74, 6) is -0.135. The molecule has 0 radical (unpaired) electrons. The fraction of sp³-hybridized carbons (Fsp3) is 0.462. The highest BCUT2D eigenvalue weighted by Crippen LogP contribution is 2.31. The third kappa shape index (κ3) is 2.06.